The van der Waals surface area contributed by atoms with Crippen LogP contribution in [0, 0.1) is 0 Å². The summed E-state index contributed by atoms with van der Waals surface area (Å²) in [6, 6.07) is 13.5. The van der Waals surface area contributed by atoms with Crippen LogP contribution < -0.4 is 0 Å². The molecular weight excluding hydrogens is 274 g/mol. The van der Waals surface area contributed by atoms with Crippen LogP contribution in [0.1, 0.15) is 15.9 Å². The van der Waals surface area contributed by atoms with Gasteiger partial charge >= 0.3 is 0 Å². The van der Waals surface area contributed by atoms with Crippen LogP contribution in [0.2, 0.25) is 5.02 Å². The zero-order valence-corrected chi connectivity index (χ0v) is 11.1. The van der Waals surface area contributed by atoms with Gasteiger partial charge in [-0.25, -0.2) is 0 Å². The number of rotatable bonds is 2. The minimum absolute atomic E-state index is 0.0382. The first-order chi connectivity index (χ1) is 9.65. The highest BCUT2D eigenvalue weighted by Crippen LogP contribution is 2.23. The molecule has 3 nitrogen and oxygen atoms in total. The van der Waals surface area contributed by atoms with E-state index >= 15 is 0 Å². The molecule has 3 aromatic rings. The maximum atomic E-state index is 12.4. The smallest absolute Gasteiger partial charge is 0.198 e. The highest BCUT2D eigenvalue weighted by molar-refractivity contribution is 6.31. The molecule has 0 aliphatic heterocycles. The molecule has 1 N–H and O–H groups in total. The van der Waals surface area contributed by atoms with Gasteiger partial charge in [-0.3, -0.25) is 9.78 Å². The number of aromatic nitrogens is 1. The van der Waals surface area contributed by atoms with Gasteiger partial charge in [0.05, 0.1) is 11.1 Å². The molecule has 3 rings (SSSR count). The maximum absolute atomic E-state index is 12.4. The van der Waals surface area contributed by atoms with Crippen molar-refractivity contribution in [1.29, 1.82) is 0 Å². The number of carbonyl (C=O) groups is 1. The highest BCUT2D eigenvalue weighted by atomic mass is 35.5. The Morgan fingerprint density at radius 3 is 2.70 bits per heavy atom. The van der Waals surface area contributed by atoms with Crippen molar-refractivity contribution in [3.8, 4) is 5.75 Å². The fourth-order valence-corrected chi connectivity index (χ4v) is 2.23. The lowest BCUT2D eigenvalue weighted by atomic mass is 10.0. The van der Waals surface area contributed by atoms with Crippen molar-refractivity contribution in [1.82, 2.24) is 4.98 Å². The van der Waals surface area contributed by atoms with E-state index in [1.807, 2.05) is 0 Å². The van der Waals surface area contributed by atoms with Gasteiger partial charge in [-0.2, -0.15) is 0 Å². The first-order valence-electron chi connectivity index (χ1n) is 6.03. The van der Waals surface area contributed by atoms with Crippen molar-refractivity contribution in [2.24, 2.45) is 0 Å². The molecule has 20 heavy (non-hydrogen) atoms. The SMILES string of the molecule is O=C(c1cnc2ccc(Cl)cc2c1)c1ccccc1O. The van der Waals surface area contributed by atoms with Crippen molar-refractivity contribution in [2.75, 3.05) is 0 Å². The van der Waals surface area contributed by atoms with E-state index in [0.717, 1.165) is 10.9 Å². The minimum Gasteiger partial charge on any atom is -0.507 e. The standard InChI is InChI=1S/C16H10ClNO2/c17-12-5-6-14-10(8-12)7-11(9-18-14)16(20)13-3-1-2-4-15(13)19/h1-9,19H. The van der Waals surface area contributed by atoms with Crippen LogP contribution in [-0.2, 0) is 0 Å². The predicted molar refractivity (Wildman–Crippen MR) is 78.3 cm³/mol. The summed E-state index contributed by atoms with van der Waals surface area (Å²) in [7, 11) is 0. The van der Waals surface area contributed by atoms with Gasteiger partial charge in [0.2, 0.25) is 0 Å². The van der Waals surface area contributed by atoms with Gasteiger partial charge < -0.3 is 5.11 Å². The second-order valence-corrected chi connectivity index (χ2v) is 4.84. The van der Waals surface area contributed by atoms with Crippen molar-refractivity contribution < 1.29 is 9.90 Å². The number of hydrogen-bond donors (Lipinski definition) is 1. The molecule has 1 heterocycles. The molecule has 0 unspecified atom stereocenters. The zero-order valence-electron chi connectivity index (χ0n) is 10.4. The van der Waals surface area contributed by atoms with Crippen LogP contribution in [0.4, 0.5) is 0 Å². The first-order valence-corrected chi connectivity index (χ1v) is 6.41. The van der Waals surface area contributed by atoms with Gasteiger partial charge in [0, 0.05) is 22.2 Å². The number of phenolic OH excluding ortho intramolecular Hbond substituents is 1. The lowest BCUT2D eigenvalue weighted by Crippen LogP contribution is -2.02. The van der Waals surface area contributed by atoms with Gasteiger partial charge in [-0.05, 0) is 36.4 Å². The minimum atomic E-state index is -0.266. The van der Waals surface area contributed by atoms with Crippen LogP contribution in [0.5, 0.6) is 5.75 Å². The molecule has 2 aromatic carbocycles. The van der Waals surface area contributed by atoms with Gasteiger partial charge in [0.25, 0.3) is 0 Å². The molecule has 0 fully saturated rings. The molecule has 0 atom stereocenters. The summed E-state index contributed by atoms with van der Waals surface area (Å²) in [6.07, 6.45) is 1.50. The molecule has 0 spiro atoms. The molecule has 0 radical (unpaired) electrons. The van der Waals surface area contributed by atoms with Gasteiger partial charge in [-0.15, -0.1) is 0 Å². The maximum Gasteiger partial charge on any atom is 0.198 e. The first kappa shape index (κ1) is 12.6. The summed E-state index contributed by atoms with van der Waals surface area (Å²) in [6.45, 7) is 0. The monoisotopic (exact) mass is 283 g/mol. The van der Waals surface area contributed by atoms with E-state index in [1.165, 1.54) is 12.3 Å². The second-order valence-electron chi connectivity index (χ2n) is 4.41. The number of nitrogens with zero attached hydrogens (tertiary/aromatic N) is 1. The Kier molecular flexibility index (Phi) is 3.12. The van der Waals surface area contributed by atoms with E-state index < -0.39 is 0 Å². The zero-order chi connectivity index (χ0) is 14.1. The largest absolute Gasteiger partial charge is 0.507 e. The topological polar surface area (TPSA) is 50.2 Å². The summed E-state index contributed by atoms with van der Waals surface area (Å²) < 4.78 is 0. The Labute approximate surface area is 120 Å². The summed E-state index contributed by atoms with van der Waals surface area (Å²) in [4.78, 5) is 16.6. The molecule has 1 aromatic heterocycles. The predicted octanol–water partition coefficient (Wildman–Crippen LogP) is 3.82. The number of ketones is 1. The van der Waals surface area contributed by atoms with Crippen molar-refractivity contribution in [3.05, 3.63) is 70.9 Å². The molecule has 0 aliphatic rings. The Balaban J connectivity index is 2.10. The fraction of sp³-hybridized carbons (Fsp3) is 0. The Morgan fingerprint density at radius 2 is 1.90 bits per heavy atom. The lowest BCUT2D eigenvalue weighted by Gasteiger charge is -2.05. The average Bonchev–Trinajstić information content (AvgIpc) is 2.46. The summed E-state index contributed by atoms with van der Waals surface area (Å²) >= 11 is 5.94. The van der Waals surface area contributed by atoms with E-state index in [-0.39, 0.29) is 17.1 Å². The normalized spacial score (nSPS) is 10.7. The second kappa shape index (κ2) is 4.94. The number of carbonyl (C=O) groups excluding carboxylic acids is 1. The molecular formula is C16H10ClNO2. The van der Waals surface area contributed by atoms with Crippen LogP contribution in [0.25, 0.3) is 10.9 Å². The summed E-state index contributed by atoms with van der Waals surface area (Å²) in [5.41, 5.74) is 1.44. The van der Waals surface area contributed by atoms with Crippen LogP contribution >= 0.6 is 11.6 Å². The van der Waals surface area contributed by atoms with Crippen LogP contribution in [-0.4, -0.2) is 15.9 Å². The number of para-hydroxylation sites is 1. The van der Waals surface area contributed by atoms with Crippen molar-refractivity contribution >= 4 is 28.3 Å². The van der Waals surface area contributed by atoms with E-state index in [0.29, 0.717) is 10.6 Å². The Bertz CT molecular complexity index is 814. The van der Waals surface area contributed by atoms with E-state index in [2.05, 4.69) is 4.98 Å². The summed E-state index contributed by atoms with van der Waals surface area (Å²) in [5, 5.41) is 11.1. The quantitative estimate of drug-likeness (QED) is 0.727. The van der Waals surface area contributed by atoms with Crippen molar-refractivity contribution in [2.45, 2.75) is 0 Å². The number of phenols is 1. The number of aromatic hydroxyl groups is 1. The average molecular weight is 284 g/mol. The number of fused-ring (bicyclic) bond motifs is 1. The molecule has 0 amide bonds. The third kappa shape index (κ3) is 2.24. The molecule has 98 valence electrons. The molecule has 0 bridgehead atoms. The van der Waals surface area contributed by atoms with Gasteiger partial charge in [0.15, 0.2) is 5.78 Å². The highest BCUT2D eigenvalue weighted by Gasteiger charge is 2.13. The van der Waals surface area contributed by atoms with E-state index in [1.54, 1.807) is 42.5 Å². The van der Waals surface area contributed by atoms with Gasteiger partial charge in [-0.1, -0.05) is 23.7 Å². The third-order valence-corrected chi connectivity index (χ3v) is 3.29. The van der Waals surface area contributed by atoms with Crippen LogP contribution in [0.3, 0.4) is 0 Å². The molecule has 0 aliphatic carbocycles. The van der Waals surface area contributed by atoms with Crippen molar-refractivity contribution in [3.63, 3.8) is 0 Å². The number of pyridine rings is 1. The summed E-state index contributed by atoms with van der Waals surface area (Å²) in [5.74, 6) is -0.304. The molecule has 0 saturated heterocycles. The fourth-order valence-electron chi connectivity index (χ4n) is 2.05. The Hall–Kier alpha value is -2.39. The number of halogens is 1. The van der Waals surface area contributed by atoms with E-state index in [9.17, 15) is 9.90 Å². The lowest BCUT2D eigenvalue weighted by molar-refractivity contribution is 0.103. The third-order valence-electron chi connectivity index (χ3n) is 3.05. The Morgan fingerprint density at radius 1 is 1.10 bits per heavy atom. The van der Waals surface area contributed by atoms with E-state index in [4.69, 9.17) is 11.6 Å². The number of hydrogen-bond acceptors (Lipinski definition) is 3. The van der Waals surface area contributed by atoms with Crippen LogP contribution in [0.15, 0.2) is 54.7 Å². The van der Waals surface area contributed by atoms with Gasteiger partial charge in [0.1, 0.15) is 5.75 Å². The number of benzene rings is 2. The molecule has 4 heteroatoms. The molecule has 0 saturated carbocycles.